The average Bonchev–Trinajstić information content (AvgIpc) is 3.41. The van der Waals surface area contributed by atoms with Crippen molar-refractivity contribution in [2.45, 2.75) is 18.3 Å². The lowest BCUT2D eigenvalue weighted by molar-refractivity contribution is -0.150. The summed E-state index contributed by atoms with van der Waals surface area (Å²) in [6, 6.07) is 12.1. The summed E-state index contributed by atoms with van der Waals surface area (Å²) in [5.41, 5.74) is 0.622. The number of amides is 2. The number of hydrogen-bond acceptors (Lipinski definition) is 9. The summed E-state index contributed by atoms with van der Waals surface area (Å²) < 4.78 is 27.9. The highest BCUT2D eigenvalue weighted by atomic mass is 16.5. The molecule has 2 amide bonds. The summed E-state index contributed by atoms with van der Waals surface area (Å²) in [4.78, 5) is 31.8. The number of methoxy groups -OCH3 is 4. The number of esters is 1. The van der Waals surface area contributed by atoms with Crippen LogP contribution in [0.5, 0.6) is 17.2 Å². The number of oxazole rings is 1. The first kappa shape index (κ1) is 26.8. The van der Waals surface area contributed by atoms with Gasteiger partial charge in [-0.1, -0.05) is 0 Å². The van der Waals surface area contributed by atoms with Crippen molar-refractivity contribution in [3.63, 3.8) is 0 Å². The number of nitrogens with zero attached hydrogens (tertiary/aromatic N) is 3. The van der Waals surface area contributed by atoms with Gasteiger partial charge in [0.1, 0.15) is 28.4 Å². The number of carbonyl (C=O) groups is 2. The summed E-state index contributed by atoms with van der Waals surface area (Å²) in [6.07, 6.45) is 0.391. The summed E-state index contributed by atoms with van der Waals surface area (Å²) >= 11 is 0. The normalized spacial score (nSPS) is 14.5. The van der Waals surface area contributed by atoms with Crippen LogP contribution in [0, 0.1) is 0 Å². The zero-order valence-electron chi connectivity index (χ0n) is 22.0. The molecular formula is C27H31N3O8. The van der Waals surface area contributed by atoms with E-state index in [1.54, 1.807) is 39.5 Å². The van der Waals surface area contributed by atoms with Gasteiger partial charge in [-0.3, -0.25) is 10.0 Å². The monoisotopic (exact) mass is 525 g/mol. The molecule has 3 aromatic rings. The molecular weight excluding hydrogens is 494 g/mol. The van der Waals surface area contributed by atoms with Crippen molar-refractivity contribution in [3.8, 4) is 39.8 Å². The molecule has 0 saturated carbocycles. The van der Waals surface area contributed by atoms with Crippen molar-refractivity contribution in [3.05, 3.63) is 48.4 Å². The lowest BCUT2D eigenvalue weighted by atomic mass is 9.78. The second-order valence-corrected chi connectivity index (χ2v) is 8.86. The van der Waals surface area contributed by atoms with E-state index in [0.717, 1.165) is 5.56 Å². The number of hydroxylamine groups is 2. The molecule has 0 aliphatic carbocycles. The lowest BCUT2D eigenvalue weighted by Gasteiger charge is -2.38. The number of likely N-dealkylation sites (tertiary alicyclic amines) is 1. The molecule has 0 unspecified atom stereocenters. The van der Waals surface area contributed by atoms with Gasteiger partial charge in [0.2, 0.25) is 5.89 Å². The van der Waals surface area contributed by atoms with Crippen molar-refractivity contribution in [2.24, 2.45) is 0 Å². The van der Waals surface area contributed by atoms with Crippen molar-refractivity contribution in [1.29, 1.82) is 0 Å². The first-order valence-electron chi connectivity index (χ1n) is 12.0. The number of aromatic nitrogens is 1. The Hall–Kier alpha value is -4.25. The number of piperidine rings is 1. The highest BCUT2D eigenvalue weighted by molar-refractivity contribution is 5.85. The van der Waals surface area contributed by atoms with E-state index in [0.29, 0.717) is 39.3 Å². The van der Waals surface area contributed by atoms with Crippen LogP contribution in [0.15, 0.2) is 46.9 Å². The fraction of sp³-hybridized carbons (Fsp3) is 0.370. The second kappa shape index (κ2) is 11.0. The molecule has 1 saturated heterocycles. The van der Waals surface area contributed by atoms with Crippen LogP contribution in [0.3, 0.4) is 0 Å². The molecule has 11 heteroatoms. The van der Waals surface area contributed by atoms with Crippen LogP contribution < -0.4 is 14.2 Å². The maximum absolute atomic E-state index is 13.2. The molecule has 38 heavy (non-hydrogen) atoms. The molecule has 1 aromatic heterocycles. The van der Waals surface area contributed by atoms with Gasteiger partial charge in [-0.25, -0.2) is 14.8 Å². The molecule has 0 atom stereocenters. The standard InChI is InChI=1S/C27H31N3O8/c1-29(33)26(32)30-14-12-27(13-15-30,25(31)37-5)24-28-22(17-6-8-18(34-2)9-7-17)23(38-24)20-11-10-19(35-3)16-21(20)36-4/h6-11,16,33H,12-15H2,1-5H3. The number of carbonyl (C=O) groups excluding carboxylic acids is 2. The van der Waals surface area contributed by atoms with Crippen LogP contribution in [0.1, 0.15) is 18.7 Å². The van der Waals surface area contributed by atoms with Crippen LogP contribution in [0.25, 0.3) is 22.6 Å². The number of benzene rings is 2. The smallest absolute Gasteiger partial charge is 0.343 e. The van der Waals surface area contributed by atoms with Gasteiger partial charge in [-0.2, -0.15) is 0 Å². The van der Waals surface area contributed by atoms with Crippen LogP contribution in [-0.4, -0.2) is 80.7 Å². The third-order valence-electron chi connectivity index (χ3n) is 6.79. The molecule has 1 fully saturated rings. The SMILES string of the molecule is COC(=O)C1(c2nc(-c3ccc(OC)cc3)c(-c3ccc(OC)cc3OC)o2)CCN(C(=O)N(C)O)CC1. The minimum absolute atomic E-state index is 0.174. The van der Waals surface area contributed by atoms with E-state index < -0.39 is 17.4 Å². The van der Waals surface area contributed by atoms with Gasteiger partial charge in [-0.15, -0.1) is 0 Å². The summed E-state index contributed by atoms with van der Waals surface area (Å²) in [6.45, 7) is 0.389. The zero-order valence-corrected chi connectivity index (χ0v) is 22.0. The van der Waals surface area contributed by atoms with Crippen LogP contribution in [0.4, 0.5) is 4.79 Å². The predicted octanol–water partition coefficient (Wildman–Crippen LogP) is 3.98. The number of ether oxygens (including phenoxy) is 4. The molecule has 11 nitrogen and oxygen atoms in total. The maximum Gasteiger partial charge on any atom is 0.343 e. The second-order valence-electron chi connectivity index (χ2n) is 8.86. The molecule has 2 heterocycles. The van der Waals surface area contributed by atoms with Gasteiger partial charge in [-0.05, 0) is 49.2 Å². The Bertz CT molecular complexity index is 1290. The Labute approximate surface area is 220 Å². The van der Waals surface area contributed by atoms with E-state index in [2.05, 4.69) is 0 Å². The Morgan fingerprint density at radius 1 is 0.974 bits per heavy atom. The minimum Gasteiger partial charge on any atom is -0.497 e. The number of rotatable bonds is 7. The fourth-order valence-electron chi connectivity index (χ4n) is 4.62. The van der Waals surface area contributed by atoms with Gasteiger partial charge in [0, 0.05) is 31.8 Å². The predicted molar refractivity (Wildman–Crippen MR) is 136 cm³/mol. The average molecular weight is 526 g/mol. The highest BCUT2D eigenvalue weighted by Crippen LogP contribution is 2.44. The maximum atomic E-state index is 13.2. The first-order chi connectivity index (χ1) is 18.3. The molecule has 2 aromatic carbocycles. The largest absolute Gasteiger partial charge is 0.497 e. The Morgan fingerprint density at radius 3 is 2.16 bits per heavy atom. The molecule has 0 bridgehead atoms. The van der Waals surface area contributed by atoms with Crippen molar-refractivity contribution in [1.82, 2.24) is 14.9 Å². The number of urea groups is 1. The van der Waals surface area contributed by atoms with E-state index in [1.807, 2.05) is 24.3 Å². The first-order valence-corrected chi connectivity index (χ1v) is 12.0. The molecule has 1 N–H and O–H groups in total. The van der Waals surface area contributed by atoms with Gasteiger partial charge >= 0.3 is 12.0 Å². The molecule has 202 valence electrons. The van der Waals surface area contributed by atoms with Gasteiger partial charge < -0.3 is 28.3 Å². The Balaban J connectivity index is 1.86. The van der Waals surface area contributed by atoms with E-state index in [9.17, 15) is 14.8 Å². The Morgan fingerprint density at radius 2 is 1.61 bits per heavy atom. The molecule has 1 aliphatic rings. The molecule has 0 spiro atoms. The van der Waals surface area contributed by atoms with Crippen LogP contribution in [-0.2, 0) is 14.9 Å². The van der Waals surface area contributed by atoms with Gasteiger partial charge in [0.05, 0.1) is 34.0 Å². The van der Waals surface area contributed by atoms with Crippen LogP contribution >= 0.6 is 0 Å². The summed E-state index contributed by atoms with van der Waals surface area (Å²) in [7, 11) is 7.26. The number of hydrogen-bond donors (Lipinski definition) is 1. The topological polar surface area (TPSA) is 124 Å². The zero-order chi connectivity index (χ0) is 27.4. The van der Waals surface area contributed by atoms with Gasteiger partial charge in [0.25, 0.3) is 0 Å². The van der Waals surface area contributed by atoms with E-state index in [4.69, 9.17) is 28.3 Å². The summed E-state index contributed by atoms with van der Waals surface area (Å²) in [5.74, 6) is 1.85. The minimum atomic E-state index is -1.24. The molecule has 1 aliphatic heterocycles. The summed E-state index contributed by atoms with van der Waals surface area (Å²) in [5, 5.41) is 10.1. The molecule has 4 rings (SSSR count). The molecule has 0 radical (unpaired) electrons. The fourth-order valence-corrected chi connectivity index (χ4v) is 4.62. The van der Waals surface area contributed by atoms with E-state index in [1.165, 1.54) is 19.1 Å². The van der Waals surface area contributed by atoms with Crippen molar-refractivity contribution < 1.29 is 38.2 Å². The highest BCUT2D eigenvalue weighted by Gasteiger charge is 2.49. The van der Waals surface area contributed by atoms with E-state index in [-0.39, 0.29) is 31.8 Å². The van der Waals surface area contributed by atoms with Crippen LogP contribution in [0.2, 0.25) is 0 Å². The lowest BCUT2D eigenvalue weighted by Crippen LogP contribution is -2.51. The third kappa shape index (κ3) is 4.84. The van der Waals surface area contributed by atoms with E-state index >= 15 is 0 Å². The Kier molecular flexibility index (Phi) is 7.77. The third-order valence-corrected chi connectivity index (χ3v) is 6.79. The van der Waals surface area contributed by atoms with Crippen molar-refractivity contribution >= 4 is 12.0 Å². The quantitative estimate of drug-likeness (QED) is 0.277. The van der Waals surface area contributed by atoms with Gasteiger partial charge in [0.15, 0.2) is 5.76 Å². The van der Waals surface area contributed by atoms with Crippen molar-refractivity contribution in [2.75, 3.05) is 48.6 Å².